The van der Waals surface area contributed by atoms with Gasteiger partial charge in [-0.3, -0.25) is 10.1 Å². The average molecular weight is 270 g/mol. The zero-order chi connectivity index (χ0) is 14.1. The Morgan fingerprint density at radius 1 is 1.32 bits per heavy atom. The van der Waals surface area contributed by atoms with Crippen molar-refractivity contribution in [2.75, 3.05) is 31.7 Å². The molecule has 8 nitrogen and oxygen atoms in total. The molecule has 0 spiro atoms. The van der Waals surface area contributed by atoms with Crippen LogP contribution >= 0.6 is 0 Å². The molecule has 106 valence electrons. The monoisotopic (exact) mass is 270 g/mol. The molecule has 1 aromatic rings. The molecular weight excluding hydrogens is 252 g/mol. The van der Waals surface area contributed by atoms with E-state index < -0.39 is 4.92 Å². The van der Waals surface area contributed by atoms with E-state index in [0.717, 1.165) is 6.42 Å². The zero-order valence-electron chi connectivity index (χ0n) is 11.1. The summed E-state index contributed by atoms with van der Waals surface area (Å²) in [5, 5.41) is 13.8. The van der Waals surface area contributed by atoms with Gasteiger partial charge in [-0.25, -0.2) is 4.98 Å². The van der Waals surface area contributed by atoms with Crippen molar-refractivity contribution < 1.29 is 14.4 Å². The van der Waals surface area contributed by atoms with Crippen LogP contribution in [0, 0.1) is 10.1 Å². The van der Waals surface area contributed by atoms with Crippen molar-refractivity contribution in [3.63, 3.8) is 0 Å². The molecule has 0 aromatic carbocycles. The van der Waals surface area contributed by atoms with Crippen molar-refractivity contribution in [1.29, 1.82) is 0 Å². The molecule has 0 aliphatic rings. The van der Waals surface area contributed by atoms with Gasteiger partial charge in [0.15, 0.2) is 0 Å². The van der Waals surface area contributed by atoms with E-state index in [2.05, 4.69) is 15.3 Å². The number of nitrogens with zero attached hydrogens (tertiary/aromatic N) is 3. The smallest absolute Gasteiger partial charge is 0.372 e. The number of nitro groups is 1. The van der Waals surface area contributed by atoms with E-state index in [1.54, 1.807) is 0 Å². The molecule has 0 amide bonds. The van der Waals surface area contributed by atoms with Crippen LogP contribution in [-0.4, -0.2) is 41.3 Å². The second kappa shape index (κ2) is 8.20. The predicted octanol–water partition coefficient (Wildman–Crippen LogP) is 1.62. The molecule has 8 heteroatoms. The molecule has 1 aromatic heterocycles. The molecule has 0 saturated heterocycles. The Morgan fingerprint density at radius 3 is 2.74 bits per heavy atom. The van der Waals surface area contributed by atoms with Crippen LogP contribution in [0.5, 0.6) is 5.88 Å². The molecule has 1 rings (SSSR count). The number of rotatable bonds is 9. The van der Waals surface area contributed by atoms with Gasteiger partial charge in [0.2, 0.25) is 5.82 Å². The van der Waals surface area contributed by atoms with Crippen LogP contribution < -0.4 is 10.1 Å². The van der Waals surface area contributed by atoms with Crippen molar-refractivity contribution in [3.05, 3.63) is 16.4 Å². The Bertz CT molecular complexity index is 414. The van der Waals surface area contributed by atoms with Crippen LogP contribution in [0.4, 0.5) is 11.5 Å². The number of hydrogen-bond donors (Lipinski definition) is 1. The molecular formula is C11H18N4O4. The van der Waals surface area contributed by atoms with Gasteiger partial charge >= 0.3 is 5.69 Å². The Hall–Kier alpha value is -1.96. The quantitative estimate of drug-likeness (QED) is 0.413. The van der Waals surface area contributed by atoms with Crippen LogP contribution in [-0.2, 0) is 4.74 Å². The molecule has 0 aliphatic carbocycles. The third-order valence-electron chi connectivity index (χ3n) is 2.13. The van der Waals surface area contributed by atoms with Gasteiger partial charge in [0.05, 0.1) is 11.5 Å². The molecule has 1 heterocycles. The number of nitrogens with one attached hydrogen (secondary N) is 1. The maximum atomic E-state index is 11.0. The molecule has 0 bridgehead atoms. The van der Waals surface area contributed by atoms with Gasteiger partial charge in [-0.2, -0.15) is 4.98 Å². The minimum Gasteiger partial charge on any atom is -0.470 e. The fraction of sp³-hybridized carbons (Fsp3) is 0.636. The van der Waals surface area contributed by atoms with Crippen LogP contribution in [0.2, 0.25) is 0 Å². The van der Waals surface area contributed by atoms with Gasteiger partial charge in [0, 0.05) is 13.2 Å². The lowest BCUT2D eigenvalue weighted by molar-refractivity contribution is -0.385. The number of anilines is 1. The fourth-order valence-electron chi connectivity index (χ4n) is 1.37. The van der Waals surface area contributed by atoms with E-state index in [0.29, 0.717) is 19.8 Å². The Kier molecular flexibility index (Phi) is 6.51. The van der Waals surface area contributed by atoms with Crippen LogP contribution in [0.1, 0.15) is 20.3 Å². The number of aromatic nitrogens is 2. The van der Waals surface area contributed by atoms with E-state index >= 15 is 0 Å². The van der Waals surface area contributed by atoms with Crippen LogP contribution in [0.3, 0.4) is 0 Å². The van der Waals surface area contributed by atoms with Crippen molar-refractivity contribution >= 4 is 11.5 Å². The Balaban J connectivity index is 2.70. The highest BCUT2D eigenvalue weighted by atomic mass is 16.6. The number of ether oxygens (including phenoxy) is 2. The first-order chi connectivity index (χ1) is 9.20. The predicted molar refractivity (Wildman–Crippen MR) is 69.5 cm³/mol. The number of hydrogen-bond acceptors (Lipinski definition) is 7. The summed E-state index contributed by atoms with van der Waals surface area (Å²) in [4.78, 5) is 18.1. The molecule has 0 unspecified atom stereocenters. The molecule has 0 radical (unpaired) electrons. The van der Waals surface area contributed by atoms with Crippen molar-refractivity contribution in [2.24, 2.45) is 0 Å². The van der Waals surface area contributed by atoms with E-state index in [-0.39, 0.29) is 24.0 Å². The summed E-state index contributed by atoms with van der Waals surface area (Å²) in [6.07, 6.45) is 2.14. The molecule has 0 atom stereocenters. The normalized spacial score (nSPS) is 10.2. The highest BCUT2D eigenvalue weighted by molar-refractivity contribution is 5.60. The van der Waals surface area contributed by atoms with Crippen LogP contribution in [0.15, 0.2) is 6.33 Å². The summed E-state index contributed by atoms with van der Waals surface area (Å²) in [5.41, 5.74) is -0.250. The van der Waals surface area contributed by atoms with E-state index in [1.807, 2.05) is 13.8 Å². The maximum absolute atomic E-state index is 11.0. The maximum Gasteiger partial charge on any atom is 0.372 e. The molecule has 0 saturated carbocycles. The van der Waals surface area contributed by atoms with Crippen molar-refractivity contribution in [2.45, 2.75) is 20.3 Å². The summed E-state index contributed by atoms with van der Waals surface area (Å²) < 4.78 is 10.5. The van der Waals surface area contributed by atoms with Gasteiger partial charge in [-0.15, -0.1) is 0 Å². The summed E-state index contributed by atoms with van der Waals surface area (Å²) in [6.45, 7) is 5.56. The van der Waals surface area contributed by atoms with Crippen molar-refractivity contribution in [1.82, 2.24) is 9.97 Å². The second-order valence-electron chi connectivity index (χ2n) is 3.62. The third-order valence-corrected chi connectivity index (χ3v) is 2.13. The van der Waals surface area contributed by atoms with Gasteiger partial charge in [-0.05, 0) is 13.3 Å². The SMILES string of the molecule is CCCOCCOc1ncnc(NCC)c1[N+](=O)[O-]. The lowest BCUT2D eigenvalue weighted by Crippen LogP contribution is -2.11. The topological polar surface area (TPSA) is 99.4 Å². The first-order valence-electron chi connectivity index (χ1n) is 6.14. The summed E-state index contributed by atoms with van der Waals surface area (Å²) in [6, 6.07) is 0. The van der Waals surface area contributed by atoms with Gasteiger partial charge < -0.3 is 14.8 Å². The van der Waals surface area contributed by atoms with Crippen molar-refractivity contribution in [3.8, 4) is 5.88 Å². The van der Waals surface area contributed by atoms with E-state index in [1.165, 1.54) is 6.33 Å². The largest absolute Gasteiger partial charge is 0.470 e. The summed E-state index contributed by atoms with van der Waals surface area (Å²) >= 11 is 0. The zero-order valence-corrected chi connectivity index (χ0v) is 11.1. The Morgan fingerprint density at radius 2 is 2.11 bits per heavy atom. The van der Waals surface area contributed by atoms with Crippen LogP contribution in [0.25, 0.3) is 0 Å². The highest BCUT2D eigenvalue weighted by Crippen LogP contribution is 2.30. The molecule has 0 fully saturated rings. The fourth-order valence-corrected chi connectivity index (χ4v) is 1.37. The lowest BCUT2D eigenvalue weighted by atomic mass is 10.4. The average Bonchev–Trinajstić information content (AvgIpc) is 2.38. The van der Waals surface area contributed by atoms with Gasteiger partial charge in [0.1, 0.15) is 12.9 Å². The first kappa shape index (κ1) is 15.1. The van der Waals surface area contributed by atoms with E-state index in [4.69, 9.17) is 9.47 Å². The van der Waals surface area contributed by atoms with Gasteiger partial charge in [-0.1, -0.05) is 6.92 Å². The summed E-state index contributed by atoms with van der Waals surface area (Å²) in [5.74, 6) is 0.114. The van der Waals surface area contributed by atoms with E-state index in [9.17, 15) is 10.1 Å². The minimum atomic E-state index is -0.555. The third kappa shape index (κ3) is 4.66. The standard InChI is InChI=1S/C11H18N4O4/c1-3-5-18-6-7-19-11-9(15(16)17)10(12-4-2)13-8-14-11/h8H,3-7H2,1-2H3,(H,12,13,14). The molecule has 19 heavy (non-hydrogen) atoms. The Labute approximate surface area is 111 Å². The van der Waals surface area contributed by atoms with Gasteiger partial charge in [0.25, 0.3) is 5.88 Å². The minimum absolute atomic E-state index is 0.0453. The second-order valence-corrected chi connectivity index (χ2v) is 3.62. The molecule has 0 aliphatic heterocycles. The lowest BCUT2D eigenvalue weighted by Gasteiger charge is -2.08. The summed E-state index contributed by atoms with van der Waals surface area (Å²) in [7, 11) is 0. The molecule has 1 N–H and O–H groups in total. The first-order valence-corrected chi connectivity index (χ1v) is 6.14. The highest BCUT2D eigenvalue weighted by Gasteiger charge is 2.23.